The van der Waals surface area contributed by atoms with E-state index in [1.165, 1.54) is 16.1 Å². The van der Waals surface area contributed by atoms with Gasteiger partial charge in [0.05, 0.1) is 16.3 Å². The SMILES string of the molecule is CC(NC1CC1(C)C)c1nc2ccccc2s1. The Morgan fingerprint density at radius 2 is 2.12 bits per heavy atom. The summed E-state index contributed by atoms with van der Waals surface area (Å²) in [4.78, 5) is 4.70. The zero-order chi connectivity index (χ0) is 12.0. The molecule has 1 N–H and O–H groups in total. The van der Waals surface area contributed by atoms with Crippen LogP contribution in [-0.2, 0) is 0 Å². The molecule has 1 aromatic heterocycles. The van der Waals surface area contributed by atoms with E-state index in [2.05, 4.69) is 44.3 Å². The van der Waals surface area contributed by atoms with Crippen molar-refractivity contribution in [1.82, 2.24) is 10.3 Å². The van der Waals surface area contributed by atoms with E-state index in [1.807, 2.05) is 6.07 Å². The molecule has 17 heavy (non-hydrogen) atoms. The number of aromatic nitrogens is 1. The fourth-order valence-electron chi connectivity index (χ4n) is 2.20. The van der Waals surface area contributed by atoms with Gasteiger partial charge in [0, 0.05) is 6.04 Å². The molecular weight excluding hydrogens is 228 g/mol. The highest BCUT2D eigenvalue weighted by Crippen LogP contribution is 2.45. The van der Waals surface area contributed by atoms with Crippen molar-refractivity contribution in [2.75, 3.05) is 0 Å². The second kappa shape index (κ2) is 3.79. The smallest absolute Gasteiger partial charge is 0.111 e. The van der Waals surface area contributed by atoms with Gasteiger partial charge < -0.3 is 5.32 Å². The molecule has 2 atom stereocenters. The molecular formula is C14H18N2S. The van der Waals surface area contributed by atoms with Gasteiger partial charge in [-0.1, -0.05) is 26.0 Å². The van der Waals surface area contributed by atoms with E-state index in [9.17, 15) is 0 Å². The van der Waals surface area contributed by atoms with Crippen LogP contribution in [0.25, 0.3) is 10.2 Å². The number of hydrogen-bond acceptors (Lipinski definition) is 3. The van der Waals surface area contributed by atoms with Crippen LogP contribution in [-0.4, -0.2) is 11.0 Å². The molecule has 2 unspecified atom stereocenters. The lowest BCUT2D eigenvalue weighted by Crippen LogP contribution is -2.24. The third kappa shape index (κ3) is 2.09. The second-order valence-corrected chi connectivity index (χ2v) is 6.72. The average Bonchev–Trinajstić information content (AvgIpc) is 2.76. The maximum Gasteiger partial charge on any atom is 0.111 e. The highest BCUT2D eigenvalue weighted by molar-refractivity contribution is 7.18. The first kappa shape index (κ1) is 11.2. The maximum absolute atomic E-state index is 4.70. The molecule has 0 saturated heterocycles. The molecule has 1 saturated carbocycles. The highest BCUT2D eigenvalue weighted by atomic mass is 32.1. The summed E-state index contributed by atoms with van der Waals surface area (Å²) in [5.74, 6) is 0. The summed E-state index contributed by atoms with van der Waals surface area (Å²) in [6.45, 7) is 6.84. The van der Waals surface area contributed by atoms with Gasteiger partial charge in [-0.05, 0) is 30.9 Å². The first-order chi connectivity index (χ1) is 8.06. The van der Waals surface area contributed by atoms with Gasteiger partial charge in [0.25, 0.3) is 0 Å². The first-order valence-corrected chi connectivity index (χ1v) is 6.99. The molecule has 0 spiro atoms. The number of rotatable bonds is 3. The summed E-state index contributed by atoms with van der Waals surface area (Å²) in [6, 6.07) is 9.37. The van der Waals surface area contributed by atoms with Crippen LogP contribution >= 0.6 is 11.3 Å². The number of thiazole rings is 1. The molecule has 1 aliphatic rings. The Hall–Kier alpha value is -0.930. The minimum atomic E-state index is 0.360. The first-order valence-electron chi connectivity index (χ1n) is 6.18. The Morgan fingerprint density at radius 3 is 2.76 bits per heavy atom. The molecule has 1 heterocycles. The van der Waals surface area contributed by atoms with Crippen molar-refractivity contribution in [3.8, 4) is 0 Å². The van der Waals surface area contributed by atoms with Crippen molar-refractivity contribution in [2.24, 2.45) is 5.41 Å². The second-order valence-electron chi connectivity index (χ2n) is 5.65. The van der Waals surface area contributed by atoms with Crippen LogP contribution in [0.1, 0.15) is 38.2 Å². The van der Waals surface area contributed by atoms with Gasteiger partial charge in [-0.15, -0.1) is 11.3 Å². The molecule has 2 aromatic rings. The lowest BCUT2D eigenvalue weighted by Gasteiger charge is -2.12. The fraction of sp³-hybridized carbons (Fsp3) is 0.500. The summed E-state index contributed by atoms with van der Waals surface area (Å²) in [7, 11) is 0. The number of nitrogens with one attached hydrogen (secondary N) is 1. The topological polar surface area (TPSA) is 24.9 Å². The molecule has 0 amide bonds. The molecule has 2 nitrogen and oxygen atoms in total. The van der Waals surface area contributed by atoms with Gasteiger partial charge in [0.15, 0.2) is 0 Å². The predicted octanol–water partition coefficient (Wildman–Crippen LogP) is 3.75. The van der Waals surface area contributed by atoms with Crippen LogP contribution in [0.15, 0.2) is 24.3 Å². The molecule has 1 aromatic carbocycles. The van der Waals surface area contributed by atoms with E-state index in [0.29, 0.717) is 17.5 Å². The van der Waals surface area contributed by atoms with Gasteiger partial charge in [-0.3, -0.25) is 0 Å². The van der Waals surface area contributed by atoms with Crippen molar-refractivity contribution < 1.29 is 0 Å². The Bertz CT molecular complexity index is 511. The van der Waals surface area contributed by atoms with Gasteiger partial charge in [0.2, 0.25) is 0 Å². The minimum absolute atomic E-state index is 0.360. The van der Waals surface area contributed by atoms with Crippen LogP contribution in [0.2, 0.25) is 0 Å². The van der Waals surface area contributed by atoms with Gasteiger partial charge in [0.1, 0.15) is 5.01 Å². The highest BCUT2D eigenvalue weighted by Gasteiger charge is 2.46. The van der Waals surface area contributed by atoms with Crippen LogP contribution in [0, 0.1) is 5.41 Å². The Kier molecular flexibility index (Phi) is 2.49. The van der Waals surface area contributed by atoms with Gasteiger partial charge in [-0.25, -0.2) is 4.98 Å². The van der Waals surface area contributed by atoms with E-state index in [1.54, 1.807) is 11.3 Å². The van der Waals surface area contributed by atoms with Gasteiger partial charge >= 0.3 is 0 Å². The average molecular weight is 246 g/mol. The third-order valence-electron chi connectivity index (χ3n) is 3.65. The quantitative estimate of drug-likeness (QED) is 0.892. The summed E-state index contributed by atoms with van der Waals surface area (Å²) < 4.78 is 1.28. The lowest BCUT2D eigenvalue weighted by molar-refractivity contribution is 0.491. The lowest BCUT2D eigenvalue weighted by atomic mass is 10.2. The molecule has 90 valence electrons. The Balaban J connectivity index is 1.79. The molecule has 3 rings (SSSR count). The van der Waals surface area contributed by atoms with Crippen LogP contribution in [0.3, 0.4) is 0 Å². The van der Waals surface area contributed by atoms with Crippen molar-refractivity contribution >= 4 is 21.6 Å². The summed E-state index contributed by atoms with van der Waals surface area (Å²) in [5.41, 5.74) is 1.60. The van der Waals surface area contributed by atoms with Crippen molar-refractivity contribution in [2.45, 2.75) is 39.3 Å². The molecule has 0 radical (unpaired) electrons. The van der Waals surface area contributed by atoms with Gasteiger partial charge in [-0.2, -0.15) is 0 Å². The third-order valence-corrected chi connectivity index (χ3v) is 4.86. The van der Waals surface area contributed by atoms with E-state index in [4.69, 9.17) is 4.98 Å². The number of hydrogen-bond donors (Lipinski definition) is 1. The molecule has 1 fully saturated rings. The van der Waals surface area contributed by atoms with E-state index < -0.39 is 0 Å². The Labute approximate surface area is 106 Å². The minimum Gasteiger partial charge on any atom is -0.305 e. The van der Waals surface area contributed by atoms with Crippen molar-refractivity contribution in [3.05, 3.63) is 29.3 Å². The molecule has 3 heteroatoms. The summed E-state index contributed by atoms with van der Waals surface area (Å²) in [6.07, 6.45) is 1.28. The van der Waals surface area contributed by atoms with Crippen molar-refractivity contribution in [1.29, 1.82) is 0 Å². The van der Waals surface area contributed by atoms with Crippen LogP contribution < -0.4 is 5.32 Å². The number of para-hydroxylation sites is 1. The standard InChI is InChI=1S/C14H18N2S/c1-9(15-12-8-14(12,2)3)13-16-10-6-4-5-7-11(10)17-13/h4-7,9,12,15H,8H2,1-3H3. The zero-order valence-corrected chi connectivity index (χ0v) is 11.3. The van der Waals surface area contributed by atoms with E-state index in [-0.39, 0.29) is 0 Å². The largest absolute Gasteiger partial charge is 0.305 e. The number of fused-ring (bicyclic) bond motifs is 1. The molecule has 1 aliphatic carbocycles. The molecule has 0 aliphatic heterocycles. The summed E-state index contributed by atoms with van der Waals surface area (Å²) >= 11 is 1.80. The van der Waals surface area contributed by atoms with E-state index in [0.717, 1.165) is 5.52 Å². The maximum atomic E-state index is 4.70. The summed E-state index contributed by atoms with van der Waals surface area (Å²) in [5, 5.41) is 4.87. The van der Waals surface area contributed by atoms with Crippen molar-refractivity contribution in [3.63, 3.8) is 0 Å². The fourth-order valence-corrected chi connectivity index (χ4v) is 3.18. The number of nitrogens with zero attached hydrogens (tertiary/aromatic N) is 1. The predicted molar refractivity (Wildman–Crippen MR) is 73.4 cm³/mol. The van der Waals surface area contributed by atoms with Crippen LogP contribution in [0.5, 0.6) is 0 Å². The zero-order valence-electron chi connectivity index (χ0n) is 10.5. The van der Waals surface area contributed by atoms with E-state index >= 15 is 0 Å². The monoisotopic (exact) mass is 246 g/mol. The normalized spacial score (nSPS) is 23.8. The number of benzene rings is 1. The molecule has 0 bridgehead atoms. The van der Waals surface area contributed by atoms with Crippen LogP contribution in [0.4, 0.5) is 0 Å². The Morgan fingerprint density at radius 1 is 1.41 bits per heavy atom.